The lowest BCUT2D eigenvalue weighted by molar-refractivity contribution is 0.400. The number of nitrogens with one attached hydrogen (secondary N) is 1. The van der Waals surface area contributed by atoms with Crippen LogP contribution in [0.5, 0.6) is 5.88 Å². The molecule has 0 aliphatic carbocycles. The number of anilines is 2. The Bertz CT molecular complexity index is 528. The Kier molecular flexibility index (Phi) is 4.23. The summed E-state index contributed by atoms with van der Waals surface area (Å²) in [5.74, 6) is 1.22. The van der Waals surface area contributed by atoms with Gasteiger partial charge in [0.15, 0.2) is 0 Å². The van der Waals surface area contributed by atoms with E-state index in [-0.39, 0.29) is 6.04 Å². The number of pyridine rings is 1. The molecule has 4 nitrogen and oxygen atoms in total. The van der Waals surface area contributed by atoms with Crippen molar-refractivity contribution >= 4 is 11.5 Å². The van der Waals surface area contributed by atoms with E-state index < -0.39 is 0 Å². The number of benzene rings is 1. The Morgan fingerprint density at radius 3 is 2.58 bits per heavy atom. The third-order valence-corrected chi connectivity index (χ3v) is 3.02. The smallest absolute Gasteiger partial charge is 0.238 e. The number of nitrogens with two attached hydrogens (primary N) is 1. The van der Waals surface area contributed by atoms with Crippen molar-refractivity contribution < 1.29 is 4.74 Å². The highest BCUT2D eigenvalue weighted by atomic mass is 16.5. The molecule has 2 aromatic rings. The van der Waals surface area contributed by atoms with Crippen molar-refractivity contribution in [3.05, 3.63) is 48.0 Å². The highest BCUT2D eigenvalue weighted by Gasteiger charge is 2.10. The molecule has 1 heterocycles. The molecule has 0 aliphatic rings. The van der Waals surface area contributed by atoms with Crippen LogP contribution in [0.1, 0.15) is 24.9 Å². The molecule has 3 N–H and O–H groups in total. The zero-order chi connectivity index (χ0) is 13.7. The molecule has 0 amide bonds. The van der Waals surface area contributed by atoms with Crippen LogP contribution in [-0.2, 0) is 0 Å². The molecule has 0 radical (unpaired) electrons. The zero-order valence-electron chi connectivity index (χ0n) is 11.3. The summed E-state index contributed by atoms with van der Waals surface area (Å²) in [6, 6.07) is 14.2. The van der Waals surface area contributed by atoms with E-state index in [2.05, 4.69) is 29.4 Å². The fourth-order valence-electron chi connectivity index (χ4n) is 1.98. The maximum atomic E-state index is 5.76. The van der Waals surface area contributed by atoms with Crippen molar-refractivity contribution in [3.8, 4) is 5.88 Å². The van der Waals surface area contributed by atoms with E-state index >= 15 is 0 Å². The minimum Gasteiger partial charge on any atom is -0.479 e. The van der Waals surface area contributed by atoms with E-state index in [4.69, 9.17) is 10.5 Å². The third-order valence-electron chi connectivity index (χ3n) is 3.02. The number of aromatic nitrogens is 1. The Morgan fingerprint density at radius 2 is 1.95 bits per heavy atom. The summed E-state index contributed by atoms with van der Waals surface area (Å²) in [5.41, 5.74) is 7.54. The summed E-state index contributed by atoms with van der Waals surface area (Å²) in [5, 5.41) is 3.40. The molecule has 1 aromatic carbocycles. The number of ether oxygens (including phenoxy) is 1. The van der Waals surface area contributed by atoms with Crippen LogP contribution in [-0.4, -0.2) is 12.1 Å². The van der Waals surface area contributed by atoms with E-state index in [1.807, 2.05) is 24.3 Å². The maximum Gasteiger partial charge on any atom is 0.238 e. The molecule has 0 bridgehead atoms. The van der Waals surface area contributed by atoms with Gasteiger partial charge >= 0.3 is 0 Å². The van der Waals surface area contributed by atoms with Gasteiger partial charge in [0.2, 0.25) is 5.88 Å². The minimum absolute atomic E-state index is 0.224. The highest BCUT2D eigenvalue weighted by Crippen LogP contribution is 2.25. The molecule has 4 heteroatoms. The number of nitrogen functional groups attached to an aromatic ring is 1. The van der Waals surface area contributed by atoms with Gasteiger partial charge in [-0.05, 0) is 24.1 Å². The fourth-order valence-corrected chi connectivity index (χ4v) is 1.98. The van der Waals surface area contributed by atoms with E-state index in [0.29, 0.717) is 11.6 Å². The van der Waals surface area contributed by atoms with Gasteiger partial charge in [0.25, 0.3) is 0 Å². The molecular formula is C15H19N3O. The summed E-state index contributed by atoms with van der Waals surface area (Å²) in [4.78, 5) is 4.35. The normalized spacial score (nSPS) is 11.9. The zero-order valence-corrected chi connectivity index (χ0v) is 11.3. The lowest BCUT2D eigenvalue weighted by Crippen LogP contribution is -2.11. The molecule has 0 saturated heterocycles. The van der Waals surface area contributed by atoms with E-state index in [9.17, 15) is 0 Å². The molecule has 0 aliphatic heterocycles. The molecule has 100 valence electrons. The predicted octanol–water partition coefficient (Wildman–Crippen LogP) is 3.24. The maximum absolute atomic E-state index is 5.76. The van der Waals surface area contributed by atoms with Crippen molar-refractivity contribution in [1.82, 2.24) is 4.98 Å². The number of hydrogen-bond donors (Lipinski definition) is 2. The molecule has 2 rings (SSSR count). The lowest BCUT2D eigenvalue weighted by Gasteiger charge is -2.18. The number of rotatable bonds is 5. The first kappa shape index (κ1) is 13.2. The van der Waals surface area contributed by atoms with Crippen molar-refractivity contribution in [2.45, 2.75) is 19.4 Å². The standard InChI is InChI=1S/C15H19N3O/c1-3-13(11-7-5-4-6-8-11)17-14-10-9-12(16)15(18-14)19-2/h4-10,13H,3,16H2,1-2H3,(H,17,18). The average molecular weight is 257 g/mol. The highest BCUT2D eigenvalue weighted by molar-refractivity contribution is 5.54. The van der Waals surface area contributed by atoms with Crippen LogP contribution >= 0.6 is 0 Å². The average Bonchev–Trinajstić information content (AvgIpc) is 2.47. The molecule has 1 aromatic heterocycles. The van der Waals surface area contributed by atoms with Crippen LogP contribution in [0.25, 0.3) is 0 Å². The Hall–Kier alpha value is -2.23. The second-order valence-corrected chi connectivity index (χ2v) is 4.31. The second-order valence-electron chi connectivity index (χ2n) is 4.31. The van der Waals surface area contributed by atoms with Gasteiger partial charge in [0.05, 0.1) is 18.8 Å². The van der Waals surface area contributed by atoms with Gasteiger partial charge in [-0.1, -0.05) is 37.3 Å². The van der Waals surface area contributed by atoms with Gasteiger partial charge in [-0.15, -0.1) is 0 Å². The summed E-state index contributed by atoms with van der Waals surface area (Å²) in [7, 11) is 1.57. The number of methoxy groups -OCH3 is 1. The van der Waals surface area contributed by atoms with Gasteiger partial charge in [-0.25, -0.2) is 0 Å². The Labute approximate surface area is 113 Å². The first-order valence-corrected chi connectivity index (χ1v) is 6.36. The van der Waals surface area contributed by atoms with Crippen LogP contribution in [0.4, 0.5) is 11.5 Å². The largest absolute Gasteiger partial charge is 0.479 e. The lowest BCUT2D eigenvalue weighted by atomic mass is 10.0. The second kappa shape index (κ2) is 6.09. The van der Waals surface area contributed by atoms with Gasteiger partial charge in [0, 0.05) is 0 Å². The molecular weight excluding hydrogens is 238 g/mol. The molecule has 0 spiro atoms. The van der Waals surface area contributed by atoms with Gasteiger partial charge in [-0.3, -0.25) is 0 Å². The van der Waals surface area contributed by atoms with Crippen LogP contribution in [0, 0.1) is 0 Å². The van der Waals surface area contributed by atoms with Gasteiger partial charge in [0.1, 0.15) is 5.82 Å². The topological polar surface area (TPSA) is 60.2 Å². The SMILES string of the molecule is CCC(Nc1ccc(N)c(OC)n1)c1ccccc1. The molecule has 0 saturated carbocycles. The van der Waals surface area contributed by atoms with E-state index in [0.717, 1.165) is 12.2 Å². The molecule has 0 fully saturated rings. The molecule has 1 unspecified atom stereocenters. The van der Waals surface area contributed by atoms with Crippen LogP contribution < -0.4 is 15.8 Å². The fraction of sp³-hybridized carbons (Fsp3) is 0.267. The van der Waals surface area contributed by atoms with Crippen molar-refractivity contribution in [2.24, 2.45) is 0 Å². The Balaban J connectivity index is 2.19. The van der Waals surface area contributed by atoms with E-state index in [1.54, 1.807) is 13.2 Å². The van der Waals surface area contributed by atoms with Gasteiger partial charge < -0.3 is 15.8 Å². The number of hydrogen-bond acceptors (Lipinski definition) is 4. The monoisotopic (exact) mass is 257 g/mol. The van der Waals surface area contributed by atoms with Crippen molar-refractivity contribution in [2.75, 3.05) is 18.2 Å². The summed E-state index contributed by atoms with van der Waals surface area (Å²) in [6.45, 7) is 2.14. The minimum atomic E-state index is 0.224. The Morgan fingerprint density at radius 1 is 1.21 bits per heavy atom. The predicted molar refractivity (Wildman–Crippen MR) is 78.3 cm³/mol. The number of nitrogens with zero attached hydrogens (tertiary/aromatic N) is 1. The van der Waals surface area contributed by atoms with Crippen LogP contribution in [0.15, 0.2) is 42.5 Å². The summed E-state index contributed by atoms with van der Waals surface area (Å²) in [6.07, 6.45) is 0.971. The quantitative estimate of drug-likeness (QED) is 0.863. The summed E-state index contributed by atoms with van der Waals surface area (Å²) < 4.78 is 5.13. The van der Waals surface area contributed by atoms with Crippen molar-refractivity contribution in [1.29, 1.82) is 0 Å². The van der Waals surface area contributed by atoms with Crippen LogP contribution in [0.2, 0.25) is 0 Å². The van der Waals surface area contributed by atoms with E-state index in [1.165, 1.54) is 5.56 Å². The van der Waals surface area contributed by atoms with Crippen molar-refractivity contribution in [3.63, 3.8) is 0 Å². The first-order valence-electron chi connectivity index (χ1n) is 6.36. The van der Waals surface area contributed by atoms with Gasteiger partial charge in [-0.2, -0.15) is 4.98 Å². The molecule has 1 atom stereocenters. The third kappa shape index (κ3) is 3.16. The van der Waals surface area contributed by atoms with Crippen LogP contribution in [0.3, 0.4) is 0 Å². The summed E-state index contributed by atoms with van der Waals surface area (Å²) >= 11 is 0. The molecule has 19 heavy (non-hydrogen) atoms. The first-order chi connectivity index (χ1) is 9.24.